The molecular weight excluding hydrogens is 244 g/mol. The lowest BCUT2D eigenvalue weighted by Gasteiger charge is -2.30. The Morgan fingerprint density at radius 2 is 1.74 bits per heavy atom. The number of carbonyl (C=O) groups excluding carboxylic acids is 1. The first kappa shape index (κ1) is 15.0. The molecule has 0 bridgehead atoms. The van der Waals surface area contributed by atoms with Gasteiger partial charge >= 0.3 is 11.9 Å². The summed E-state index contributed by atoms with van der Waals surface area (Å²) in [7, 11) is 0. The minimum Gasteiger partial charge on any atom is -0.478 e. The van der Waals surface area contributed by atoms with Gasteiger partial charge in [0.1, 0.15) is 6.10 Å². The van der Waals surface area contributed by atoms with Crippen molar-refractivity contribution < 1.29 is 19.4 Å². The van der Waals surface area contributed by atoms with Crippen molar-refractivity contribution in [3.63, 3.8) is 0 Å². The van der Waals surface area contributed by atoms with Crippen molar-refractivity contribution in [2.45, 2.75) is 26.9 Å². The second-order valence-electron chi connectivity index (χ2n) is 5.27. The molecule has 1 rings (SSSR count). The summed E-state index contributed by atoms with van der Waals surface area (Å²) < 4.78 is 5.36. The van der Waals surface area contributed by atoms with E-state index in [1.807, 2.05) is 51.1 Å². The van der Waals surface area contributed by atoms with E-state index in [-0.39, 0.29) is 5.41 Å². The Bertz CT molecular complexity index is 469. The largest absolute Gasteiger partial charge is 0.478 e. The molecule has 1 aromatic rings. The molecule has 0 saturated heterocycles. The Morgan fingerprint density at radius 3 is 2.21 bits per heavy atom. The zero-order valence-corrected chi connectivity index (χ0v) is 11.3. The number of carbonyl (C=O) groups is 2. The molecule has 0 aliphatic rings. The lowest BCUT2D eigenvalue weighted by Crippen LogP contribution is -2.23. The lowest BCUT2D eigenvalue weighted by molar-refractivity contribution is -0.149. The fraction of sp³-hybridized carbons (Fsp3) is 0.333. The van der Waals surface area contributed by atoms with Crippen molar-refractivity contribution in [3.8, 4) is 0 Å². The summed E-state index contributed by atoms with van der Waals surface area (Å²) >= 11 is 0. The zero-order chi connectivity index (χ0) is 14.5. The predicted molar refractivity (Wildman–Crippen MR) is 71.5 cm³/mol. The highest BCUT2D eigenvalue weighted by atomic mass is 16.5. The van der Waals surface area contributed by atoms with E-state index in [0.29, 0.717) is 0 Å². The molecular formula is C15H18O4. The van der Waals surface area contributed by atoms with Crippen molar-refractivity contribution in [2.24, 2.45) is 5.41 Å². The first-order chi connectivity index (χ1) is 8.80. The van der Waals surface area contributed by atoms with Gasteiger partial charge in [0.05, 0.1) is 0 Å². The van der Waals surface area contributed by atoms with Crippen molar-refractivity contribution in [1.82, 2.24) is 0 Å². The first-order valence-corrected chi connectivity index (χ1v) is 5.97. The highest BCUT2D eigenvalue weighted by Gasteiger charge is 2.29. The molecule has 0 aliphatic heterocycles. The Labute approximate surface area is 112 Å². The van der Waals surface area contributed by atoms with Crippen LogP contribution in [0.1, 0.15) is 32.4 Å². The van der Waals surface area contributed by atoms with Gasteiger partial charge in [-0.1, -0.05) is 51.1 Å². The second-order valence-corrected chi connectivity index (χ2v) is 5.27. The number of benzene rings is 1. The molecule has 0 amide bonds. The Morgan fingerprint density at radius 1 is 1.16 bits per heavy atom. The fourth-order valence-corrected chi connectivity index (χ4v) is 1.67. The Kier molecular flexibility index (Phi) is 4.87. The van der Waals surface area contributed by atoms with E-state index in [1.165, 1.54) is 0 Å². The van der Waals surface area contributed by atoms with Crippen molar-refractivity contribution in [1.29, 1.82) is 0 Å². The molecule has 0 fully saturated rings. The number of hydrogen-bond donors (Lipinski definition) is 1. The number of carboxylic acids is 1. The minimum atomic E-state index is -1.18. The summed E-state index contributed by atoms with van der Waals surface area (Å²) in [5.41, 5.74) is 0.598. The van der Waals surface area contributed by atoms with Gasteiger partial charge in [0.15, 0.2) is 0 Å². The number of esters is 1. The predicted octanol–water partition coefficient (Wildman–Crippen LogP) is 2.96. The quantitative estimate of drug-likeness (QED) is 0.669. The number of rotatable bonds is 4. The number of carboxylic acid groups (broad SMARTS) is 1. The maximum Gasteiger partial charge on any atom is 0.331 e. The van der Waals surface area contributed by atoms with Crippen LogP contribution in [0.3, 0.4) is 0 Å². The average Bonchev–Trinajstić information content (AvgIpc) is 2.33. The number of hydrogen-bond acceptors (Lipinski definition) is 3. The van der Waals surface area contributed by atoms with E-state index >= 15 is 0 Å². The molecule has 0 radical (unpaired) electrons. The summed E-state index contributed by atoms with van der Waals surface area (Å²) in [6, 6.07) is 9.38. The molecule has 1 atom stereocenters. The topological polar surface area (TPSA) is 63.6 Å². The molecule has 1 aromatic carbocycles. The van der Waals surface area contributed by atoms with Crippen molar-refractivity contribution in [3.05, 3.63) is 48.0 Å². The molecule has 0 aromatic heterocycles. The van der Waals surface area contributed by atoms with E-state index in [9.17, 15) is 9.59 Å². The summed E-state index contributed by atoms with van der Waals surface area (Å²) in [5, 5.41) is 8.48. The van der Waals surface area contributed by atoms with Gasteiger partial charge in [-0.15, -0.1) is 0 Å². The average molecular weight is 262 g/mol. The highest BCUT2D eigenvalue weighted by molar-refractivity contribution is 5.90. The zero-order valence-electron chi connectivity index (χ0n) is 11.3. The van der Waals surface area contributed by atoms with Gasteiger partial charge in [-0.3, -0.25) is 0 Å². The normalized spacial score (nSPS) is 13.2. The molecule has 102 valence electrons. The second kappa shape index (κ2) is 6.18. The Hall–Kier alpha value is -2.10. The van der Waals surface area contributed by atoms with Gasteiger partial charge in [-0.05, 0) is 5.56 Å². The van der Waals surface area contributed by atoms with Crippen LogP contribution in [0.2, 0.25) is 0 Å². The van der Waals surface area contributed by atoms with E-state index < -0.39 is 18.0 Å². The SMILES string of the molecule is CC(C)(C)C(OC(=O)/C=C\C(=O)O)c1ccccc1. The van der Waals surface area contributed by atoms with Gasteiger partial charge in [-0.25, -0.2) is 9.59 Å². The highest BCUT2D eigenvalue weighted by Crippen LogP contribution is 2.36. The van der Waals surface area contributed by atoms with Crippen LogP contribution in [-0.2, 0) is 14.3 Å². The van der Waals surface area contributed by atoms with Crippen LogP contribution in [0, 0.1) is 5.41 Å². The van der Waals surface area contributed by atoms with E-state index in [0.717, 1.165) is 17.7 Å². The molecule has 1 unspecified atom stereocenters. The van der Waals surface area contributed by atoms with Gasteiger partial charge in [-0.2, -0.15) is 0 Å². The summed E-state index contributed by atoms with van der Waals surface area (Å²) in [4.78, 5) is 22.0. The molecule has 0 spiro atoms. The maximum absolute atomic E-state index is 11.6. The van der Waals surface area contributed by atoms with Crippen LogP contribution < -0.4 is 0 Å². The third-order valence-corrected chi connectivity index (χ3v) is 2.48. The van der Waals surface area contributed by atoms with Crippen LogP contribution in [-0.4, -0.2) is 17.0 Å². The third kappa shape index (κ3) is 4.95. The van der Waals surface area contributed by atoms with Gasteiger partial charge in [0.2, 0.25) is 0 Å². The van der Waals surface area contributed by atoms with Crippen molar-refractivity contribution >= 4 is 11.9 Å². The summed E-state index contributed by atoms with van der Waals surface area (Å²) in [6.45, 7) is 5.87. The molecule has 0 heterocycles. The summed E-state index contributed by atoms with van der Waals surface area (Å²) in [6.07, 6.45) is 1.26. The van der Waals surface area contributed by atoms with Gasteiger partial charge < -0.3 is 9.84 Å². The van der Waals surface area contributed by atoms with Gasteiger partial charge in [0, 0.05) is 17.6 Å². The molecule has 1 N–H and O–H groups in total. The number of aliphatic carboxylic acids is 1. The minimum absolute atomic E-state index is 0.284. The lowest BCUT2D eigenvalue weighted by atomic mass is 9.84. The maximum atomic E-state index is 11.6. The first-order valence-electron chi connectivity index (χ1n) is 5.97. The molecule has 19 heavy (non-hydrogen) atoms. The summed E-state index contributed by atoms with van der Waals surface area (Å²) in [5.74, 6) is -1.84. The van der Waals surface area contributed by atoms with E-state index in [4.69, 9.17) is 9.84 Å². The number of ether oxygens (including phenoxy) is 1. The van der Waals surface area contributed by atoms with Crippen LogP contribution in [0.5, 0.6) is 0 Å². The monoisotopic (exact) mass is 262 g/mol. The Balaban J connectivity index is 2.89. The fourth-order valence-electron chi connectivity index (χ4n) is 1.67. The molecule has 4 heteroatoms. The third-order valence-electron chi connectivity index (χ3n) is 2.48. The molecule has 4 nitrogen and oxygen atoms in total. The molecule has 0 saturated carbocycles. The van der Waals surface area contributed by atoms with Crippen LogP contribution in [0.15, 0.2) is 42.5 Å². The van der Waals surface area contributed by atoms with Crippen LogP contribution in [0.25, 0.3) is 0 Å². The van der Waals surface area contributed by atoms with Crippen molar-refractivity contribution in [2.75, 3.05) is 0 Å². The van der Waals surface area contributed by atoms with E-state index in [2.05, 4.69) is 0 Å². The molecule has 0 aliphatic carbocycles. The van der Waals surface area contributed by atoms with Gasteiger partial charge in [0.25, 0.3) is 0 Å². The van der Waals surface area contributed by atoms with E-state index in [1.54, 1.807) is 0 Å². The van der Waals surface area contributed by atoms with Crippen LogP contribution >= 0.6 is 0 Å². The standard InChI is InChI=1S/C15H18O4/c1-15(2,3)14(11-7-5-4-6-8-11)19-13(18)10-9-12(16)17/h4-10,14H,1-3H3,(H,16,17)/b10-9-. The van der Waals surface area contributed by atoms with Crippen LogP contribution in [0.4, 0.5) is 0 Å². The smallest absolute Gasteiger partial charge is 0.331 e.